The maximum Gasteiger partial charge on any atom is 0.416 e. The first-order valence-corrected chi connectivity index (χ1v) is 8.65. The van der Waals surface area contributed by atoms with Gasteiger partial charge in [0, 0.05) is 26.2 Å². The van der Waals surface area contributed by atoms with Gasteiger partial charge in [0.2, 0.25) is 0 Å². The van der Waals surface area contributed by atoms with Crippen molar-refractivity contribution in [1.82, 2.24) is 9.80 Å². The van der Waals surface area contributed by atoms with Gasteiger partial charge in [0.05, 0.1) is 16.3 Å². The molecule has 2 rings (SSSR count). The Hall–Kier alpha value is -2.16. The van der Waals surface area contributed by atoms with Gasteiger partial charge in [-0.05, 0) is 39.0 Å². The predicted molar refractivity (Wildman–Crippen MR) is 94.9 cm³/mol. The van der Waals surface area contributed by atoms with Gasteiger partial charge in [0.15, 0.2) is 0 Å². The molecule has 1 aliphatic rings. The van der Waals surface area contributed by atoms with E-state index in [9.17, 15) is 22.8 Å². The van der Waals surface area contributed by atoms with Gasteiger partial charge in [-0.3, -0.25) is 0 Å². The Bertz CT molecular complexity index is 712. The van der Waals surface area contributed by atoms with Crippen LogP contribution in [0.4, 0.5) is 28.4 Å². The van der Waals surface area contributed by atoms with Gasteiger partial charge in [-0.2, -0.15) is 13.2 Å². The van der Waals surface area contributed by atoms with Gasteiger partial charge in [-0.1, -0.05) is 11.6 Å². The molecule has 0 unspecified atom stereocenters. The number of ether oxygens (including phenoxy) is 1. The van der Waals surface area contributed by atoms with Crippen LogP contribution in [0, 0.1) is 0 Å². The Kier molecular flexibility index (Phi) is 6.14. The highest BCUT2D eigenvalue weighted by Gasteiger charge is 2.32. The monoisotopic (exact) mass is 407 g/mol. The van der Waals surface area contributed by atoms with Gasteiger partial charge in [-0.25, -0.2) is 9.59 Å². The lowest BCUT2D eigenvalue weighted by Crippen LogP contribution is -2.52. The minimum Gasteiger partial charge on any atom is -0.444 e. The number of nitrogens with zero attached hydrogens (tertiary/aromatic N) is 2. The maximum absolute atomic E-state index is 12.8. The van der Waals surface area contributed by atoms with Crippen molar-refractivity contribution in [3.8, 4) is 0 Å². The first-order valence-electron chi connectivity index (χ1n) is 8.27. The van der Waals surface area contributed by atoms with E-state index < -0.39 is 29.5 Å². The fraction of sp³-hybridized carbons (Fsp3) is 0.529. The summed E-state index contributed by atoms with van der Waals surface area (Å²) in [4.78, 5) is 27.2. The number of piperazine rings is 1. The van der Waals surface area contributed by atoms with Crippen LogP contribution in [0.3, 0.4) is 0 Å². The Morgan fingerprint density at radius 3 is 2.15 bits per heavy atom. The third-order valence-corrected chi connectivity index (χ3v) is 4.08. The quantitative estimate of drug-likeness (QED) is 0.748. The van der Waals surface area contributed by atoms with Crippen molar-refractivity contribution in [2.75, 3.05) is 31.5 Å². The molecule has 0 bridgehead atoms. The minimum absolute atomic E-state index is 0.00346. The summed E-state index contributed by atoms with van der Waals surface area (Å²) in [5, 5.41) is 2.40. The summed E-state index contributed by atoms with van der Waals surface area (Å²) in [6.07, 6.45) is -5.01. The maximum atomic E-state index is 12.8. The molecule has 0 saturated carbocycles. The van der Waals surface area contributed by atoms with Crippen molar-refractivity contribution in [2.24, 2.45) is 0 Å². The number of halogens is 4. The second kappa shape index (κ2) is 7.84. The summed E-state index contributed by atoms with van der Waals surface area (Å²) in [6.45, 7) is 6.24. The molecule has 0 aromatic heterocycles. The standard InChI is InChI=1S/C17H21ClF3N3O3/c1-16(2,3)27-15(26)24-8-6-23(7-9-24)14(25)22-13-10-11(17(19,20)21)4-5-12(13)18/h4-5,10H,6-9H2,1-3H3,(H,22,25). The Balaban J connectivity index is 1.96. The Morgan fingerprint density at radius 1 is 1.07 bits per heavy atom. The second-order valence-electron chi connectivity index (χ2n) is 7.08. The molecule has 10 heteroatoms. The zero-order chi connectivity index (χ0) is 20.4. The number of carbonyl (C=O) groups excluding carboxylic acids is 2. The smallest absolute Gasteiger partial charge is 0.416 e. The molecule has 0 atom stereocenters. The Morgan fingerprint density at radius 2 is 1.63 bits per heavy atom. The van der Waals surface area contributed by atoms with E-state index in [0.717, 1.165) is 18.2 Å². The first kappa shape index (κ1) is 21.1. The van der Waals surface area contributed by atoms with E-state index in [1.54, 1.807) is 20.8 Å². The molecule has 0 spiro atoms. The normalized spacial score (nSPS) is 15.5. The molecule has 1 aromatic carbocycles. The van der Waals surface area contributed by atoms with Gasteiger partial charge >= 0.3 is 18.3 Å². The van der Waals surface area contributed by atoms with Crippen LogP contribution in [0.25, 0.3) is 0 Å². The molecular formula is C17H21ClF3N3O3. The van der Waals surface area contributed by atoms with E-state index in [0.29, 0.717) is 0 Å². The lowest BCUT2D eigenvalue weighted by Gasteiger charge is -2.35. The summed E-state index contributed by atoms with van der Waals surface area (Å²) in [5.41, 5.74) is -1.64. The van der Waals surface area contributed by atoms with Crippen molar-refractivity contribution in [1.29, 1.82) is 0 Å². The number of rotatable bonds is 1. The summed E-state index contributed by atoms with van der Waals surface area (Å²) >= 11 is 5.89. The van der Waals surface area contributed by atoms with Crippen molar-refractivity contribution in [3.05, 3.63) is 28.8 Å². The van der Waals surface area contributed by atoms with Crippen LogP contribution in [0.15, 0.2) is 18.2 Å². The minimum atomic E-state index is -4.54. The average molecular weight is 408 g/mol. The van der Waals surface area contributed by atoms with E-state index in [2.05, 4.69) is 5.32 Å². The second-order valence-corrected chi connectivity index (χ2v) is 7.48. The predicted octanol–water partition coefficient (Wildman–Crippen LogP) is 4.44. The number of alkyl halides is 3. The molecule has 1 saturated heterocycles. The van der Waals surface area contributed by atoms with E-state index in [-0.39, 0.29) is 36.9 Å². The number of amides is 3. The van der Waals surface area contributed by atoms with E-state index in [4.69, 9.17) is 16.3 Å². The topological polar surface area (TPSA) is 61.9 Å². The summed E-state index contributed by atoms with van der Waals surface area (Å²) in [6, 6.07) is 2.13. The van der Waals surface area contributed by atoms with Crippen molar-refractivity contribution in [2.45, 2.75) is 32.5 Å². The molecule has 1 aromatic rings. The lowest BCUT2D eigenvalue weighted by atomic mass is 10.2. The van der Waals surface area contributed by atoms with Gasteiger partial charge in [-0.15, -0.1) is 0 Å². The van der Waals surface area contributed by atoms with Gasteiger partial charge in [0.1, 0.15) is 5.60 Å². The zero-order valence-corrected chi connectivity index (χ0v) is 15.9. The molecule has 1 fully saturated rings. The highest BCUT2D eigenvalue weighted by Crippen LogP contribution is 2.33. The fourth-order valence-corrected chi connectivity index (χ4v) is 2.58. The molecule has 0 radical (unpaired) electrons. The van der Waals surface area contributed by atoms with Crippen LogP contribution in [0.2, 0.25) is 5.02 Å². The molecule has 1 heterocycles. The van der Waals surface area contributed by atoms with Gasteiger partial charge < -0.3 is 19.9 Å². The van der Waals surface area contributed by atoms with E-state index in [1.807, 2.05) is 0 Å². The zero-order valence-electron chi connectivity index (χ0n) is 15.2. The molecule has 1 aliphatic heterocycles. The number of hydrogen-bond acceptors (Lipinski definition) is 3. The van der Waals surface area contributed by atoms with Crippen molar-refractivity contribution in [3.63, 3.8) is 0 Å². The molecule has 150 valence electrons. The molecule has 6 nitrogen and oxygen atoms in total. The molecule has 1 N–H and O–H groups in total. The number of hydrogen-bond donors (Lipinski definition) is 1. The first-order chi connectivity index (χ1) is 12.4. The Labute approximate surface area is 160 Å². The van der Waals surface area contributed by atoms with Crippen LogP contribution in [0.1, 0.15) is 26.3 Å². The summed E-state index contributed by atoms with van der Waals surface area (Å²) in [5.74, 6) is 0. The highest BCUT2D eigenvalue weighted by atomic mass is 35.5. The summed E-state index contributed by atoms with van der Waals surface area (Å²) < 4.78 is 43.7. The van der Waals surface area contributed by atoms with E-state index in [1.165, 1.54) is 9.80 Å². The molecule has 0 aliphatic carbocycles. The highest BCUT2D eigenvalue weighted by molar-refractivity contribution is 6.33. The molecule has 27 heavy (non-hydrogen) atoms. The van der Waals surface area contributed by atoms with Crippen LogP contribution in [-0.4, -0.2) is 53.7 Å². The number of nitrogens with one attached hydrogen (secondary N) is 1. The largest absolute Gasteiger partial charge is 0.444 e. The number of carbonyl (C=O) groups is 2. The third-order valence-electron chi connectivity index (χ3n) is 3.75. The SMILES string of the molecule is CC(C)(C)OC(=O)N1CCN(C(=O)Nc2cc(C(F)(F)F)ccc2Cl)CC1. The van der Waals surface area contributed by atoms with Crippen molar-refractivity contribution < 1.29 is 27.5 Å². The van der Waals surface area contributed by atoms with Crippen LogP contribution in [0.5, 0.6) is 0 Å². The lowest BCUT2D eigenvalue weighted by molar-refractivity contribution is -0.137. The molecule has 3 amide bonds. The number of benzene rings is 1. The van der Waals surface area contributed by atoms with Crippen molar-refractivity contribution >= 4 is 29.4 Å². The number of urea groups is 1. The van der Waals surface area contributed by atoms with E-state index >= 15 is 0 Å². The summed E-state index contributed by atoms with van der Waals surface area (Å²) in [7, 11) is 0. The average Bonchev–Trinajstić information content (AvgIpc) is 2.54. The fourth-order valence-electron chi connectivity index (χ4n) is 2.41. The van der Waals surface area contributed by atoms with Crippen LogP contribution < -0.4 is 5.32 Å². The van der Waals surface area contributed by atoms with Crippen LogP contribution >= 0.6 is 11.6 Å². The van der Waals surface area contributed by atoms with Gasteiger partial charge in [0.25, 0.3) is 0 Å². The van der Waals surface area contributed by atoms with Crippen LogP contribution in [-0.2, 0) is 10.9 Å². The third kappa shape index (κ3) is 5.92. The number of anilines is 1. The molecular weight excluding hydrogens is 387 g/mol.